The van der Waals surface area contributed by atoms with Gasteiger partial charge in [0.15, 0.2) is 0 Å². The van der Waals surface area contributed by atoms with Crippen molar-refractivity contribution in [1.82, 2.24) is 0 Å². The molecule has 0 aromatic carbocycles. The van der Waals surface area contributed by atoms with Gasteiger partial charge in [0.25, 0.3) is 0 Å². The zero-order valence-electron chi connectivity index (χ0n) is 30.7. The largest absolute Gasteiger partial charge is 0.397 e. The summed E-state index contributed by atoms with van der Waals surface area (Å²) in [5, 5.41) is 0. The van der Waals surface area contributed by atoms with E-state index in [2.05, 4.69) is 0 Å². The van der Waals surface area contributed by atoms with Crippen molar-refractivity contribution < 1.29 is 35.4 Å². The Kier molecular flexibility index (Phi) is 33.8. The van der Waals surface area contributed by atoms with E-state index in [9.17, 15) is 0 Å². The van der Waals surface area contributed by atoms with Crippen molar-refractivity contribution >= 4 is 45.2 Å². The molecule has 0 heterocycles. The van der Waals surface area contributed by atoms with E-state index in [0.29, 0.717) is 0 Å². The standard InChI is InChI=1S/C32H72O8Si5/c1-33-41(34-2)25-17-9-13-21-29-45(30-22-14-10-18-26-42(35-3)36-4,31-23-15-11-19-27-43(37-5)38-6)32-24-16-12-20-28-44(39-7)40-8/h9-32H2,1-8H3. The van der Waals surface area contributed by atoms with Crippen LogP contribution in [-0.4, -0.2) is 102 Å². The quantitative estimate of drug-likeness (QED) is 0.0469. The third-order valence-electron chi connectivity index (χ3n) is 9.17. The average molecular weight is 725 g/mol. The lowest BCUT2D eigenvalue weighted by atomic mass is 10.2. The highest BCUT2D eigenvalue weighted by atomic mass is 28.3. The lowest BCUT2D eigenvalue weighted by molar-refractivity contribution is 0.276. The van der Waals surface area contributed by atoms with E-state index >= 15 is 0 Å². The molecule has 45 heavy (non-hydrogen) atoms. The van der Waals surface area contributed by atoms with Crippen LogP contribution >= 0.6 is 0 Å². The first-order chi connectivity index (χ1) is 22.0. The summed E-state index contributed by atoms with van der Waals surface area (Å²) in [7, 11) is 8.73. The van der Waals surface area contributed by atoms with Crippen molar-refractivity contribution in [3.8, 4) is 0 Å². The van der Waals surface area contributed by atoms with Crippen molar-refractivity contribution in [2.24, 2.45) is 0 Å². The Balaban J connectivity index is 5.15. The third kappa shape index (κ3) is 25.4. The van der Waals surface area contributed by atoms with Gasteiger partial charge in [-0.1, -0.05) is 127 Å². The lowest BCUT2D eigenvalue weighted by Gasteiger charge is -2.33. The fourth-order valence-corrected chi connectivity index (χ4v) is 16.3. The summed E-state index contributed by atoms with van der Waals surface area (Å²) >= 11 is 0. The highest BCUT2D eigenvalue weighted by Crippen LogP contribution is 2.35. The molecule has 0 aromatic rings. The van der Waals surface area contributed by atoms with Crippen LogP contribution in [0.25, 0.3) is 0 Å². The van der Waals surface area contributed by atoms with Gasteiger partial charge in [0.1, 0.15) is 0 Å². The number of hydrogen-bond acceptors (Lipinski definition) is 8. The third-order valence-corrected chi connectivity index (χ3v) is 21.5. The molecule has 13 heteroatoms. The maximum atomic E-state index is 5.50. The van der Waals surface area contributed by atoms with E-state index in [4.69, 9.17) is 35.4 Å². The summed E-state index contributed by atoms with van der Waals surface area (Å²) < 4.78 is 44.0. The predicted molar refractivity (Wildman–Crippen MR) is 197 cm³/mol. The van der Waals surface area contributed by atoms with Crippen LogP contribution in [0.3, 0.4) is 0 Å². The maximum absolute atomic E-state index is 5.50. The average Bonchev–Trinajstić information content (AvgIpc) is 3.07. The molecule has 0 aromatic heterocycles. The SMILES string of the molecule is CO[Si](CCCCCC[Si](CCCCCC[Si](OC)OC)(CCCCCC[Si](OC)OC)CCCCCC[Si](OC)OC)OC. The summed E-state index contributed by atoms with van der Waals surface area (Å²) in [4.78, 5) is 0. The van der Waals surface area contributed by atoms with Crippen LogP contribution in [0.15, 0.2) is 0 Å². The van der Waals surface area contributed by atoms with E-state index in [1.54, 1.807) is 56.9 Å². The molecule has 0 saturated heterocycles. The van der Waals surface area contributed by atoms with Gasteiger partial charge in [0, 0.05) is 56.9 Å². The monoisotopic (exact) mass is 724 g/mol. The van der Waals surface area contributed by atoms with E-state index in [0.717, 1.165) is 24.2 Å². The Morgan fingerprint density at radius 2 is 0.444 bits per heavy atom. The predicted octanol–water partition coefficient (Wildman–Crippen LogP) is 8.80. The van der Waals surface area contributed by atoms with Crippen molar-refractivity contribution in [3.05, 3.63) is 0 Å². The Morgan fingerprint density at radius 3 is 0.622 bits per heavy atom. The van der Waals surface area contributed by atoms with Crippen LogP contribution in [0, 0.1) is 0 Å². The maximum Gasteiger partial charge on any atom is 0.384 e. The molecule has 0 amide bonds. The zero-order chi connectivity index (χ0) is 33.4. The minimum atomic E-state index is -1.35. The first kappa shape index (κ1) is 45.8. The summed E-state index contributed by atoms with van der Waals surface area (Å²) in [6.07, 6.45) is 21.2. The van der Waals surface area contributed by atoms with Gasteiger partial charge in [-0.05, 0) is 24.2 Å². The van der Waals surface area contributed by atoms with Gasteiger partial charge in [0.2, 0.25) is 0 Å². The fourth-order valence-electron chi connectivity index (χ4n) is 6.39. The molecule has 0 saturated carbocycles. The molecule has 0 aliphatic rings. The van der Waals surface area contributed by atoms with Crippen molar-refractivity contribution in [2.75, 3.05) is 56.9 Å². The van der Waals surface area contributed by atoms with Crippen molar-refractivity contribution in [3.63, 3.8) is 0 Å². The Morgan fingerprint density at radius 1 is 0.267 bits per heavy atom. The molecule has 8 nitrogen and oxygen atoms in total. The molecular weight excluding hydrogens is 653 g/mol. The molecule has 0 aliphatic carbocycles. The van der Waals surface area contributed by atoms with Gasteiger partial charge >= 0.3 is 37.1 Å². The highest BCUT2D eigenvalue weighted by Gasteiger charge is 2.31. The van der Waals surface area contributed by atoms with Crippen LogP contribution in [0.4, 0.5) is 0 Å². The normalized spacial score (nSPS) is 12.5. The molecule has 0 rings (SSSR count). The number of unbranched alkanes of at least 4 members (excludes halogenated alkanes) is 12. The summed E-state index contributed by atoms with van der Waals surface area (Å²) in [5.74, 6) is 0. The number of rotatable bonds is 36. The number of hydrogen-bond donors (Lipinski definition) is 0. The Labute approximate surface area is 287 Å². The first-order valence-electron chi connectivity index (χ1n) is 17.7. The van der Waals surface area contributed by atoms with Gasteiger partial charge in [0.05, 0.1) is 8.07 Å². The molecule has 268 valence electrons. The second kappa shape index (κ2) is 33.3. The van der Waals surface area contributed by atoms with Crippen molar-refractivity contribution in [1.29, 1.82) is 0 Å². The molecule has 0 unspecified atom stereocenters. The lowest BCUT2D eigenvalue weighted by Crippen LogP contribution is -2.34. The van der Waals surface area contributed by atoms with E-state index in [-0.39, 0.29) is 0 Å². The van der Waals surface area contributed by atoms with E-state index < -0.39 is 45.2 Å². The van der Waals surface area contributed by atoms with Gasteiger partial charge in [-0.15, -0.1) is 0 Å². The molecular formula is C32H72O8Si5. The second-order valence-electron chi connectivity index (χ2n) is 12.3. The zero-order valence-corrected chi connectivity index (χ0v) is 35.7. The Hall–Kier alpha value is 0.764. The van der Waals surface area contributed by atoms with Crippen LogP contribution in [-0.2, 0) is 35.4 Å². The van der Waals surface area contributed by atoms with Crippen LogP contribution in [0.5, 0.6) is 0 Å². The fraction of sp³-hybridized carbons (Fsp3) is 1.00. The van der Waals surface area contributed by atoms with Crippen molar-refractivity contribution in [2.45, 2.75) is 151 Å². The summed E-state index contributed by atoms with van der Waals surface area (Å²) in [6.45, 7) is 0. The molecule has 0 aliphatic heterocycles. The highest BCUT2D eigenvalue weighted by molar-refractivity contribution is 6.79. The van der Waals surface area contributed by atoms with E-state index in [1.807, 2.05) is 0 Å². The van der Waals surface area contributed by atoms with Crippen LogP contribution < -0.4 is 0 Å². The molecule has 0 bridgehead atoms. The minimum Gasteiger partial charge on any atom is -0.397 e. The minimum absolute atomic E-state index is 1.06. The van der Waals surface area contributed by atoms with Gasteiger partial charge in [-0.2, -0.15) is 0 Å². The van der Waals surface area contributed by atoms with Gasteiger partial charge in [-0.3, -0.25) is 0 Å². The summed E-state index contributed by atoms with van der Waals surface area (Å²) in [5.41, 5.74) is 0. The van der Waals surface area contributed by atoms with Crippen LogP contribution in [0.2, 0.25) is 48.4 Å². The second-order valence-corrected chi connectivity index (χ2v) is 25.5. The molecule has 0 spiro atoms. The molecule has 0 N–H and O–H groups in total. The molecule has 0 fully saturated rings. The smallest absolute Gasteiger partial charge is 0.384 e. The Bertz CT molecular complexity index is 496. The van der Waals surface area contributed by atoms with Gasteiger partial charge in [-0.25, -0.2) is 0 Å². The topological polar surface area (TPSA) is 73.8 Å². The van der Waals surface area contributed by atoms with Crippen LogP contribution in [0.1, 0.15) is 103 Å². The van der Waals surface area contributed by atoms with E-state index in [1.165, 1.54) is 127 Å². The summed E-state index contributed by atoms with van der Waals surface area (Å²) in [6, 6.07) is 10.4. The molecule has 0 atom stereocenters. The van der Waals surface area contributed by atoms with Gasteiger partial charge < -0.3 is 35.4 Å². The molecule has 4 radical (unpaired) electrons. The first-order valence-corrected chi connectivity index (χ1v) is 26.7.